The number of carbonyl (C=O) groups excluding carboxylic acids is 1. The van der Waals surface area contributed by atoms with Crippen molar-refractivity contribution >= 4 is 34.8 Å². The van der Waals surface area contributed by atoms with Gasteiger partial charge in [-0.2, -0.15) is 13.8 Å². The molecule has 148 valence electrons. The van der Waals surface area contributed by atoms with Crippen molar-refractivity contribution in [3.05, 3.63) is 51.1 Å². The van der Waals surface area contributed by atoms with Crippen molar-refractivity contribution in [1.82, 2.24) is 4.98 Å². The van der Waals surface area contributed by atoms with Crippen molar-refractivity contribution in [3.8, 4) is 11.5 Å². The zero-order valence-electron chi connectivity index (χ0n) is 14.1. The summed E-state index contributed by atoms with van der Waals surface area (Å²) < 4.78 is 35.2. The number of hydrogen-bond acceptors (Lipinski definition) is 6. The second-order valence-electron chi connectivity index (χ2n) is 5.94. The highest BCUT2D eigenvalue weighted by molar-refractivity contribution is 6.39. The highest BCUT2D eigenvalue weighted by atomic mass is 35.5. The van der Waals surface area contributed by atoms with Crippen molar-refractivity contribution in [2.24, 2.45) is 11.2 Å². The number of aromatic nitrogens is 1. The molecule has 2 aromatic rings. The van der Waals surface area contributed by atoms with E-state index in [2.05, 4.69) is 15.0 Å². The van der Waals surface area contributed by atoms with Gasteiger partial charge in [0.1, 0.15) is 5.69 Å². The van der Waals surface area contributed by atoms with Gasteiger partial charge in [0.2, 0.25) is 0 Å². The molecular formula is C17H13Cl2F2N3O4. The summed E-state index contributed by atoms with van der Waals surface area (Å²) in [6.45, 7) is -2.76. The molecule has 0 bridgehead atoms. The summed E-state index contributed by atoms with van der Waals surface area (Å²) in [6.07, 6.45) is 4.34. The average Bonchev–Trinajstić information content (AvgIpc) is 3.47. The van der Waals surface area contributed by atoms with Gasteiger partial charge in [0.25, 0.3) is 5.91 Å². The fourth-order valence-electron chi connectivity index (χ4n) is 2.35. The molecule has 0 unspecified atom stereocenters. The van der Waals surface area contributed by atoms with Gasteiger partial charge < -0.3 is 9.47 Å². The topological polar surface area (TPSA) is 81.1 Å². The van der Waals surface area contributed by atoms with Gasteiger partial charge >= 0.3 is 6.61 Å². The van der Waals surface area contributed by atoms with Gasteiger partial charge in [0.05, 0.1) is 21.9 Å². The van der Waals surface area contributed by atoms with Crippen LogP contribution in [0.4, 0.5) is 14.5 Å². The van der Waals surface area contributed by atoms with Gasteiger partial charge in [-0.1, -0.05) is 23.2 Å². The second kappa shape index (κ2) is 8.66. The Bertz CT molecular complexity index is 876. The van der Waals surface area contributed by atoms with E-state index in [9.17, 15) is 18.5 Å². The standard InChI is InChI=1S/C17H13Cl2F2N3O4/c18-11-6-22-7-12(19)15(11)24(23-26)16(25)10-3-4-13(28-17(20)21)14(5-10)27-8-9-1-2-9/h3-7,9,17H,1-2,8H2. The lowest BCUT2D eigenvalue weighted by molar-refractivity contribution is -0.0515. The van der Waals surface area contributed by atoms with Crippen LogP contribution in [0.1, 0.15) is 23.2 Å². The summed E-state index contributed by atoms with van der Waals surface area (Å²) in [6, 6.07) is 3.55. The van der Waals surface area contributed by atoms with Crippen LogP contribution in [0, 0.1) is 10.8 Å². The molecule has 0 radical (unpaired) electrons. The molecule has 1 heterocycles. The third-order valence-electron chi connectivity index (χ3n) is 3.89. The van der Waals surface area contributed by atoms with E-state index in [0.29, 0.717) is 17.5 Å². The van der Waals surface area contributed by atoms with E-state index < -0.39 is 12.5 Å². The molecule has 1 fully saturated rings. The molecule has 28 heavy (non-hydrogen) atoms. The maximum Gasteiger partial charge on any atom is 0.387 e. The maximum absolute atomic E-state index is 12.8. The molecule has 0 N–H and O–H groups in total. The van der Waals surface area contributed by atoms with Crippen LogP contribution in [0.25, 0.3) is 0 Å². The van der Waals surface area contributed by atoms with E-state index in [1.807, 2.05) is 0 Å². The average molecular weight is 432 g/mol. The molecule has 7 nitrogen and oxygen atoms in total. The minimum atomic E-state index is -3.06. The number of pyridine rings is 1. The highest BCUT2D eigenvalue weighted by Gasteiger charge is 2.27. The summed E-state index contributed by atoms with van der Waals surface area (Å²) in [5.41, 5.74) is -0.206. The quantitative estimate of drug-likeness (QED) is 0.428. The van der Waals surface area contributed by atoms with Crippen molar-refractivity contribution in [3.63, 3.8) is 0 Å². The predicted octanol–water partition coefficient (Wildman–Crippen LogP) is 5.11. The number of nitrogens with zero attached hydrogens (tertiary/aromatic N) is 3. The Morgan fingerprint density at radius 2 is 1.93 bits per heavy atom. The number of carbonyl (C=O) groups is 1. The minimum absolute atomic E-state index is 0.0455. The Labute approximate surface area is 168 Å². The zero-order valence-corrected chi connectivity index (χ0v) is 15.7. The number of alkyl halides is 2. The third-order valence-corrected chi connectivity index (χ3v) is 4.45. The Morgan fingerprint density at radius 1 is 1.25 bits per heavy atom. The molecule has 1 aliphatic carbocycles. The van der Waals surface area contributed by atoms with E-state index in [1.54, 1.807) is 0 Å². The number of nitroso groups, excluding NO2 is 1. The van der Waals surface area contributed by atoms with Gasteiger partial charge in [-0.25, -0.2) is 0 Å². The normalized spacial score (nSPS) is 13.3. The molecule has 0 saturated heterocycles. The second-order valence-corrected chi connectivity index (χ2v) is 6.76. The molecule has 1 aromatic heterocycles. The van der Waals surface area contributed by atoms with Crippen molar-refractivity contribution in [2.45, 2.75) is 19.5 Å². The van der Waals surface area contributed by atoms with Crippen LogP contribution in [-0.2, 0) is 0 Å². The van der Waals surface area contributed by atoms with Crippen molar-refractivity contribution < 1.29 is 23.0 Å². The fraction of sp³-hybridized carbons (Fsp3) is 0.294. The molecule has 1 amide bonds. The number of ether oxygens (including phenoxy) is 2. The Balaban J connectivity index is 1.92. The molecule has 11 heteroatoms. The molecule has 1 saturated carbocycles. The van der Waals surface area contributed by atoms with Gasteiger partial charge in [0, 0.05) is 18.0 Å². The monoisotopic (exact) mass is 431 g/mol. The predicted molar refractivity (Wildman–Crippen MR) is 98.2 cm³/mol. The number of hydrogen-bond donors (Lipinski definition) is 0. The first-order valence-corrected chi connectivity index (χ1v) is 8.84. The lowest BCUT2D eigenvalue weighted by atomic mass is 10.1. The maximum atomic E-state index is 12.8. The van der Waals surface area contributed by atoms with Crippen LogP contribution in [-0.4, -0.2) is 24.1 Å². The van der Waals surface area contributed by atoms with Crippen LogP contribution in [0.15, 0.2) is 35.9 Å². The van der Waals surface area contributed by atoms with Crippen LogP contribution in [0.3, 0.4) is 0 Å². The largest absolute Gasteiger partial charge is 0.489 e. The lowest BCUT2D eigenvalue weighted by Gasteiger charge is -2.17. The minimum Gasteiger partial charge on any atom is -0.489 e. The number of amides is 1. The Kier molecular flexibility index (Phi) is 6.25. The van der Waals surface area contributed by atoms with Gasteiger partial charge in [0.15, 0.2) is 11.5 Å². The first-order chi connectivity index (χ1) is 13.4. The summed E-state index contributed by atoms with van der Waals surface area (Å²) in [7, 11) is 0. The van der Waals surface area contributed by atoms with Gasteiger partial charge in [-0.3, -0.25) is 9.78 Å². The van der Waals surface area contributed by atoms with E-state index in [4.69, 9.17) is 27.9 Å². The summed E-state index contributed by atoms with van der Waals surface area (Å²) in [5, 5.41) is 3.01. The van der Waals surface area contributed by atoms with E-state index >= 15 is 0 Å². The first-order valence-electron chi connectivity index (χ1n) is 8.09. The number of halogens is 4. The van der Waals surface area contributed by atoms with Crippen LogP contribution in [0.2, 0.25) is 10.0 Å². The summed E-state index contributed by atoms with van der Waals surface area (Å²) in [5.74, 6) is -0.820. The lowest BCUT2D eigenvalue weighted by Crippen LogP contribution is -2.25. The molecule has 1 aromatic carbocycles. The van der Waals surface area contributed by atoms with Crippen LogP contribution in [0.5, 0.6) is 11.5 Å². The van der Waals surface area contributed by atoms with E-state index in [-0.39, 0.29) is 32.8 Å². The Morgan fingerprint density at radius 3 is 2.50 bits per heavy atom. The molecule has 1 aliphatic rings. The summed E-state index contributed by atoms with van der Waals surface area (Å²) >= 11 is 11.9. The molecule has 3 rings (SSSR count). The fourth-order valence-corrected chi connectivity index (χ4v) is 2.87. The molecule has 0 atom stereocenters. The summed E-state index contributed by atoms with van der Waals surface area (Å²) in [4.78, 5) is 27.8. The number of anilines is 1. The van der Waals surface area contributed by atoms with Crippen LogP contribution < -0.4 is 14.5 Å². The molecule has 0 spiro atoms. The van der Waals surface area contributed by atoms with Gasteiger partial charge in [-0.05, 0) is 37.0 Å². The smallest absolute Gasteiger partial charge is 0.387 e. The van der Waals surface area contributed by atoms with Crippen LogP contribution >= 0.6 is 23.2 Å². The molecule has 0 aliphatic heterocycles. The third kappa shape index (κ3) is 4.66. The zero-order chi connectivity index (χ0) is 20.3. The van der Waals surface area contributed by atoms with E-state index in [1.165, 1.54) is 24.5 Å². The van der Waals surface area contributed by atoms with Crippen molar-refractivity contribution in [1.29, 1.82) is 0 Å². The molecular weight excluding hydrogens is 419 g/mol. The van der Waals surface area contributed by atoms with Crippen molar-refractivity contribution in [2.75, 3.05) is 11.6 Å². The first kappa shape index (κ1) is 20.2. The highest BCUT2D eigenvalue weighted by Crippen LogP contribution is 2.36. The number of benzene rings is 1. The Hall–Kier alpha value is -2.52. The van der Waals surface area contributed by atoms with E-state index in [0.717, 1.165) is 18.9 Å². The SMILES string of the molecule is O=NN(C(=O)c1ccc(OC(F)F)c(OCC2CC2)c1)c1c(Cl)cncc1Cl. The number of rotatable bonds is 8. The van der Waals surface area contributed by atoms with Gasteiger partial charge in [-0.15, -0.1) is 4.91 Å².